The molecule has 0 saturated carbocycles. The quantitative estimate of drug-likeness (QED) is 0.177. The van der Waals surface area contributed by atoms with E-state index in [0.717, 1.165) is 55.7 Å². The van der Waals surface area contributed by atoms with Gasteiger partial charge in [0.1, 0.15) is 11.2 Å². The number of rotatable bonds is 5. The van der Waals surface area contributed by atoms with Gasteiger partial charge in [0.15, 0.2) is 5.82 Å². The molecule has 0 amide bonds. The van der Waals surface area contributed by atoms with Crippen molar-refractivity contribution in [1.29, 1.82) is 0 Å². The highest BCUT2D eigenvalue weighted by molar-refractivity contribution is 6.11. The molecule has 1 aliphatic heterocycles. The Balaban J connectivity index is 1.06. The fourth-order valence-corrected chi connectivity index (χ4v) is 9.29. The molecule has 10 aromatic rings. The van der Waals surface area contributed by atoms with Crippen LogP contribution in [0.4, 0.5) is 11.4 Å². The molecule has 2 aliphatic rings. The largest absolute Gasteiger partial charge is 0.456 e. The standard InChI is InChI=1S/C52H34N4O/c1-4-15-33(16-5-1)42-32-43(54-52(53-42)34-17-6-2-7-18-34)35-27-28-41-48(31-35)57-47-26-14-25-46(49(41)47)56-45-24-13-11-22-38(45)40-30-29-39-37-21-10-12-23-44(37)55(50(39)51(40)56)36-19-8-3-9-20-36/h1-32,39,50H. The number of fused-ring (bicyclic) bond motifs is 10. The topological polar surface area (TPSA) is 47.1 Å². The lowest BCUT2D eigenvalue weighted by atomic mass is 9.86. The molecule has 3 aromatic heterocycles. The molecule has 0 spiro atoms. The van der Waals surface area contributed by atoms with Gasteiger partial charge in [-0.25, -0.2) is 9.97 Å². The van der Waals surface area contributed by atoms with Crippen LogP contribution in [0.2, 0.25) is 0 Å². The van der Waals surface area contributed by atoms with Gasteiger partial charge in [-0.1, -0.05) is 140 Å². The Morgan fingerprint density at radius 3 is 2.02 bits per heavy atom. The minimum Gasteiger partial charge on any atom is -0.456 e. The van der Waals surface area contributed by atoms with E-state index in [1.54, 1.807) is 0 Å². The SMILES string of the molecule is C1=CC2c3ccccc3N(c3ccccc3)C2c2c1c1ccccc1n2-c1cccc2oc3cc(-c4cc(-c5ccccc5)nc(-c5ccccc5)n4)ccc3c12. The molecule has 12 rings (SSSR count). The van der Waals surface area contributed by atoms with Crippen LogP contribution in [0.5, 0.6) is 0 Å². The minimum absolute atomic E-state index is 0.0487. The van der Waals surface area contributed by atoms with Crippen LogP contribution in [0.1, 0.15) is 28.8 Å². The lowest BCUT2D eigenvalue weighted by Crippen LogP contribution is -2.26. The second-order valence-electron chi connectivity index (χ2n) is 14.9. The first-order valence-corrected chi connectivity index (χ1v) is 19.5. The molecule has 5 nitrogen and oxygen atoms in total. The van der Waals surface area contributed by atoms with Crippen LogP contribution in [-0.2, 0) is 0 Å². The van der Waals surface area contributed by atoms with Gasteiger partial charge in [-0.3, -0.25) is 0 Å². The Hall–Kier alpha value is -7.50. The number of hydrogen-bond donors (Lipinski definition) is 0. The number of para-hydroxylation sites is 3. The second kappa shape index (κ2) is 12.5. The van der Waals surface area contributed by atoms with E-state index in [-0.39, 0.29) is 12.0 Å². The van der Waals surface area contributed by atoms with E-state index in [0.29, 0.717) is 5.82 Å². The summed E-state index contributed by atoms with van der Waals surface area (Å²) in [7, 11) is 0. The van der Waals surface area contributed by atoms with Crippen molar-refractivity contribution < 1.29 is 4.42 Å². The smallest absolute Gasteiger partial charge is 0.160 e. The monoisotopic (exact) mass is 730 g/mol. The summed E-state index contributed by atoms with van der Waals surface area (Å²) in [4.78, 5) is 12.7. The number of hydrogen-bond acceptors (Lipinski definition) is 4. The van der Waals surface area contributed by atoms with Gasteiger partial charge in [-0.2, -0.15) is 0 Å². The maximum atomic E-state index is 6.79. The zero-order valence-electron chi connectivity index (χ0n) is 30.8. The zero-order chi connectivity index (χ0) is 37.5. The molecular formula is C52H34N4O. The molecule has 5 heteroatoms. The van der Waals surface area contributed by atoms with Crippen molar-refractivity contribution in [3.05, 3.63) is 205 Å². The molecule has 0 bridgehead atoms. The van der Waals surface area contributed by atoms with Crippen molar-refractivity contribution in [2.45, 2.75) is 12.0 Å². The Kier molecular flexibility index (Phi) is 6.99. The van der Waals surface area contributed by atoms with E-state index in [9.17, 15) is 0 Å². The van der Waals surface area contributed by atoms with Crippen LogP contribution in [-0.4, -0.2) is 14.5 Å². The first kappa shape index (κ1) is 31.8. The van der Waals surface area contributed by atoms with E-state index in [1.807, 2.05) is 36.4 Å². The van der Waals surface area contributed by atoms with Gasteiger partial charge in [0, 0.05) is 50.3 Å². The van der Waals surface area contributed by atoms with Crippen LogP contribution >= 0.6 is 0 Å². The van der Waals surface area contributed by atoms with Gasteiger partial charge < -0.3 is 13.9 Å². The third-order valence-corrected chi connectivity index (χ3v) is 11.7. The fourth-order valence-electron chi connectivity index (χ4n) is 9.29. The van der Waals surface area contributed by atoms with E-state index >= 15 is 0 Å². The molecule has 0 saturated heterocycles. The summed E-state index contributed by atoms with van der Waals surface area (Å²) in [5.41, 5.74) is 15.0. The second-order valence-corrected chi connectivity index (χ2v) is 14.9. The lowest BCUT2D eigenvalue weighted by molar-refractivity contribution is 0.636. The predicted octanol–water partition coefficient (Wildman–Crippen LogP) is 13.3. The normalized spacial score (nSPS) is 15.6. The van der Waals surface area contributed by atoms with Crippen LogP contribution in [0.25, 0.3) is 78.5 Å². The summed E-state index contributed by atoms with van der Waals surface area (Å²) in [5, 5.41) is 3.40. The summed E-state index contributed by atoms with van der Waals surface area (Å²) < 4.78 is 9.30. The molecule has 2 atom stereocenters. The fraction of sp³-hybridized carbons (Fsp3) is 0.0385. The van der Waals surface area contributed by atoms with Gasteiger partial charge in [-0.15, -0.1) is 0 Å². The predicted molar refractivity (Wildman–Crippen MR) is 232 cm³/mol. The van der Waals surface area contributed by atoms with Crippen LogP contribution in [0.15, 0.2) is 192 Å². The summed E-state index contributed by atoms with van der Waals surface area (Å²) in [5.74, 6) is 0.878. The molecule has 0 fully saturated rings. The van der Waals surface area contributed by atoms with Crippen molar-refractivity contribution in [3.63, 3.8) is 0 Å². The van der Waals surface area contributed by atoms with Crippen molar-refractivity contribution in [2.75, 3.05) is 4.90 Å². The van der Waals surface area contributed by atoms with Crippen molar-refractivity contribution in [3.8, 4) is 39.6 Å². The van der Waals surface area contributed by atoms with Gasteiger partial charge in [-0.05, 0) is 60.2 Å². The molecule has 7 aromatic carbocycles. The molecule has 4 heterocycles. The average molecular weight is 731 g/mol. The van der Waals surface area contributed by atoms with Gasteiger partial charge in [0.2, 0.25) is 0 Å². The number of furan rings is 1. The van der Waals surface area contributed by atoms with Crippen LogP contribution in [0, 0.1) is 0 Å². The zero-order valence-corrected chi connectivity index (χ0v) is 30.8. The van der Waals surface area contributed by atoms with Crippen molar-refractivity contribution in [2.24, 2.45) is 0 Å². The van der Waals surface area contributed by atoms with Gasteiger partial charge in [0.05, 0.1) is 39.7 Å². The first-order chi connectivity index (χ1) is 28.3. The number of aromatic nitrogens is 3. The van der Waals surface area contributed by atoms with E-state index in [2.05, 4.69) is 167 Å². The Morgan fingerprint density at radius 1 is 0.509 bits per heavy atom. The molecule has 1 aliphatic carbocycles. The Labute approximate surface area is 329 Å². The summed E-state index contributed by atoms with van der Waals surface area (Å²) >= 11 is 0. The first-order valence-electron chi connectivity index (χ1n) is 19.5. The number of benzene rings is 7. The third kappa shape index (κ3) is 4.89. The van der Waals surface area contributed by atoms with Crippen LogP contribution in [0.3, 0.4) is 0 Å². The molecule has 268 valence electrons. The van der Waals surface area contributed by atoms with Crippen molar-refractivity contribution in [1.82, 2.24) is 14.5 Å². The Morgan fingerprint density at radius 2 is 1.19 bits per heavy atom. The third-order valence-electron chi connectivity index (χ3n) is 11.7. The van der Waals surface area contributed by atoms with E-state index < -0.39 is 0 Å². The maximum Gasteiger partial charge on any atom is 0.160 e. The summed E-state index contributed by atoms with van der Waals surface area (Å²) in [6.45, 7) is 0. The van der Waals surface area contributed by atoms with Crippen molar-refractivity contribution >= 4 is 50.3 Å². The number of nitrogens with zero attached hydrogens (tertiary/aromatic N) is 4. The molecular weight excluding hydrogens is 697 g/mol. The number of anilines is 2. The Bertz CT molecular complexity index is 3140. The molecule has 57 heavy (non-hydrogen) atoms. The molecule has 0 N–H and O–H groups in total. The highest BCUT2D eigenvalue weighted by Crippen LogP contribution is 2.57. The van der Waals surface area contributed by atoms with Gasteiger partial charge in [0.25, 0.3) is 0 Å². The molecule has 0 radical (unpaired) electrons. The van der Waals surface area contributed by atoms with E-state index in [1.165, 1.54) is 39.1 Å². The highest BCUT2D eigenvalue weighted by atomic mass is 16.3. The summed E-state index contributed by atoms with van der Waals surface area (Å²) in [6, 6.07) is 64.2. The minimum atomic E-state index is 0.0487. The summed E-state index contributed by atoms with van der Waals surface area (Å²) in [6.07, 6.45) is 4.77. The van der Waals surface area contributed by atoms with E-state index in [4.69, 9.17) is 14.4 Å². The highest BCUT2D eigenvalue weighted by Gasteiger charge is 2.44. The van der Waals surface area contributed by atoms with Crippen LogP contribution < -0.4 is 4.90 Å². The molecule has 2 unspecified atom stereocenters. The average Bonchev–Trinajstić information content (AvgIpc) is 3.95. The maximum absolute atomic E-state index is 6.79. The lowest BCUT2D eigenvalue weighted by Gasteiger charge is -2.33. The van der Waals surface area contributed by atoms with Gasteiger partial charge >= 0.3 is 0 Å².